The molecular weight excluding hydrogens is 298 g/mol. The summed E-state index contributed by atoms with van der Waals surface area (Å²) in [6.45, 7) is 1.96. The molecule has 18 heavy (non-hydrogen) atoms. The topological polar surface area (TPSA) is 75.1 Å². The molecule has 1 aromatic heterocycles. The molecule has 92 valence electrons. The predicted molar refractivity (Wildman–Crippen MR) is 71.2 cm³/mol. The maximum absolute atomic E-state index is 10.6. The number of halogens is 1. The van der Waals surface area contributed by atoms with Crippen LogP contribution in [0.3, 0.4) is 0 Å². The van der Waals surface area contributed by atoms with Crippen LogP contribution in [0.4, 0.5) is 11.5 Å². The third-order valence-corrected chi connectivity index (χ3v) is 2.83. The number of hydrogen-bond donors (Lipinski definition) is 2. The van der Waals surface area contributed by atoms with Gasteiger partial charge in [0.1, 0.15) is 0 Å². The molecule has 0 spiro atoms. The first-order chi connectivity index (χ1) is 8.56. The van der Waals surface area contributed by atoms with Crippen LogP contribution in [0, 0.1) is 6.92 Å². The molecule has 2 rings (SSSR count). The Kier molecular flexibility index (Phi) is 3.57. The van der Waals surface area contributed by atoms with Gasteiger partial charge in [0.05, 0.1) is 0 Å². The lowest BCUT2D eigenvalue weighted by atomic mass is 10.2. The smallest absolute Gasteiger partial charge is 0.356 e. The second-order valence-electron chi connectivity index (χ2n) is 3.69. The molecule has 0 aliphatic rings. The van der Waals surface area contributed by atoms with E-state index in [-0.39, 0.29) is 5.69 Å². The lowest BCUT2D eigenvalue weighted by Gasteiger charge is -2.08. The van der Waals surface area contributed by atoms with Gasteiger partial charge in [-0.15, -0.1) is 10.2 Å². The summed E-state index contributed by atoms with van der Waals surface area (Å²) < 4.78 is 0.998. The normalized spacial score (nSPS) is 10.1. The molecule has 0 atom stereocenters. The molecule has 0 fully saturated rings. The number of aromatic carboxylic acids is 1. The van der Waals surface area contributed by atoms with Crippen molar-refractivity contribution in [3.8, 4) is 0 Å². The van der Waals surface area contributed by atoms with Crippen LogP contribution in [0.25, 0.3) is 0 Å². The molecule has 6 heteroatoms. The number of hydrogen-bond acceptors (Lipinski definition) is 4. The fourth-order valence-electron chi connectivity index (χ4n) is 1.42. The molecule has 0 aliphatic carbocycles. The van der Waals surface area contributed by atoms with Gasteiger partial charge in [-0.3, -0.25) is 0 Å². The van der Waals surface area contributed by atoms with Gasteiger partial charge in [-0.05, 0) is 42.8 Å². The summed E-state index contributed by atoms with van der Waals surface area (Å²) in [5.74, 6) is -0.584. The van der Waals surface area contributed by atoms with Crippen LogP contribution in [0.2, 0.25) is 0 Å². The quantitative estimate of drug-likeness (QED) is 0.911. The maximum atomic E-state index is 10.6. The molecule has 0 aliphatic heterocycles. The van der Waals surface area contributed by atoms with E-state index in [4.69, 9.17) is 5.11 Å². The summed E-state index contributed by atoms with van der Waals surface area (Å²) in [4.78, 5) is 10.6. The number of aromatic nitrogens is 2. The van der Waals surface area contributed by atoms with Crippen molar-refractivity contribution in [2.24, 2.45) is 0 Å². The Balaban J connectivity index is 2.21. The zero-order valence-electron chi connectivity index (χ0n) is 9.51. The Morgan fingerprint density at radius 2 is 2.06 bits per heavy atom. The zero-order valence-corrected chi connectivity index (χ0v) is 11.1. The van der Waals surface area contributed by atoms with E-state index >= 15 is 0 Å². The predicted octanol–water partition coefficient (Wildman–Crippen LogP) is 2.99. The largest absolute Gasteiger partial charge is 0.476 e. The lowest BCUT2D eigenvalue weighted by Crippen LogP contribution is -2.04. The first-order valence-electron chi connectivity index (χ1n) is 5.16. The van der Waals surface area contributed by atoms with Crippen LogP contribution in [0.15, 0.2) is 34.8 Å². The number of nitrogens with zero attached hydrogens (tertiary/aromatic N) is 2. The van der Waals surface area contributed by atoms with Gasteiger partial charge in [-0.25, -0.2) is 4.79 Å². The van der Waals surface area contributed by atoms with Crippen molar-refractivity contribution in [2.45, 2.75) is 6.92 Å². The highest BCUT2D eigenvalue weighted by Gasteiger charge is 2.06. The molecular formula is C12H10BrN3O2. The van der Waals surface area contributed by atoms with E-state index in [0.29, 0.717) is 5.82 Å². The maximum Gasteiger partial charge on any atom is 0.356 e. The molecule has 0 radical (unpaired) electrons. The first-order valence-corrected chi connectivity index (χ1v) is 5.96. The van der Waals surface area contributed by atoms with E-state index in [9.17, 15) is 4.79 Å². The monoisotopic (exact) mass is 307 g/mol. The molecule has 0 saturated carbocycles. The number of carboxylic acid groups (broad SMARTS) is 1. The SMILES string of the molecule is Cc1cc(Br)ccc1Nc1ccc(C(=O)O)nn1. The molecule has 2 N–H and O–H groups in total. The number of rotatable bonds is 3. The number of nitrogens with one attached hydrogen (secondary N) is 1. The van der Waals surface area contributed by atoms with Crippen molar-refractivity contribution in [1.82, 2.24) is 10.2 Å². The third-order valence-electron chi connectivity index (χ3n) is 2.33. The van der Waals surface area contributed by atoms with Gasteiger partial charge in [-0.1, -0.05) is 15.9 Å². The number of anilines is 2. The summed E-state index contributed by atoms with van der Waals surface area (Å²) >= 11 is 3.39. The number of benzene rings is 1. The Bertz CT molecular complexity index is 584. The van der Waals surface area contributed by atoms with Gasteiger partial charge < -0.3 is 10.4 Å². The van der Waals surface area contributed by atoms with Crippen molar-refractivity contribution in [3.63, 3.8) is 0 Å². The van der Waals surface area contributed by atoms with Crippen LogP contribution in [0.5, 0.6) is 0 Å². The van der Waals surface area contributed by atoms with Gasteiger partial charge in [0.25, 0.3) is 0 Å². The van der Waals surface area contributed by atoms with Crippen molar-refractivity contribution in [1.29, 1.82) is 0 Å². The van der Waals surface area contributed by atoms with E-state index in [1.165, 1.54) is 6.07 Å². The molecule has 0 amide bonds. The van der Waals surface area contributed by atoms with E-state index in [2.05, 4.69) is 31.4 Å². The van der Waals surface area contributed by atoms with Crippen LogP contribution in [-0.4, -0.2) is 21.3 Å². The molecule has 1 heterocycles. The minimum atomic E-state index is -1.09. The van der Waals surface area contributed by atoms with Crippen molar-refractivity contribution < 1.29 is 9.90 Å². The molecule has 0 unspecified atom stereocenters. The molecule has 0 bridgehead atoms. The zero-order chi connectivity index (χ0) is 13.1. The van der Waals surface area contributed by atoms with Crippen molar-refractivity contribution in [3.05, 3.63) is 46.1 Å². The second kappa shape index (κ2) is 5.14. The summed E-state index contributed by atoms with van der Waals surface area (Å²) in [6.07, 6.45) is 0. The number of carbonyl (C=O) groups is 1. The summed E-state index contributed by atoms with van der Waals surface area (Å²) in [7, 11) is 0. The minimum Gasteiger partial charge on any atom is -0.476 e. The standard InChI is InChI=1S/C12H10BrN3O2/c1-7-6-8(13)2-3-9(7)14-11-5-4-10(12(17)18)15-16-11/h2-6H,1H3,(H,14,16)(H,17,18). The van der Waals surface area contributed by atoms with Crippen LogP contribution in [0.1, 0.15) is 16.1 Å². The van der Waals surface area contributed by atoms with E-state index in [1.54, 1.807) is 6.07 Å². The Hall–Kier alpha value is -1.95. The summed E-state index contributed by atoms with van der Waals surface area (Å²) in [5, 5.41) is 19.2. The van der Waals surface area contributed by atoms with E-state index in [1.807, 2.05) is 25.1 Å². The molecule has 0 saturated heterocycles. The average molecular weight is 308 g/mol. The van der Waals surface area contributed by atoms with Crippen molar-refractivity contribution in [2.75, 3.05) is 5.32 Å². The van der Waals surface area contributed by atoms with Crippen LogP contribution >= 0.6 is 15.9 Å². The highest BCUT2D eigenvalue weighted by atomic mass is 79.9. The Morgan fingerprint density at radius 3 is 2.61 bits per heavy atom. The molecule has 5 nitrogen and oxygen atoms in total. The van der Waals surface area contributed by atoms with E-state index in [0.717, 1.165) is 15.7 Å². The first kappa shape index (κ1) is 12.5. The van der Waals surface area contributed by atoms with Gasteiger partial charge in [0, 0.05) is 10.2 Å². The van der Waals surface area contributed by atoms with Gasteiger partial charge in [0.15, 0.2) is 11.5 Å². The highest BCUT2D eigenvalue weighted by molar-refractivity contribution is 9.10. The second-order valence-corrected chi connectivity index (χ2v) is 4.61. The van der Waals surface area contributed by atoms with Gasteiger partial charge >= 0.3 is 5.97 Å². The summed E-state index contributed by atoms with van der Waals surface area (Å²) in [6, 6.07) is 8.78. The lowest BCUT2D eigenvalue weighted by molar-refractivity contribution is 0.0689. The Labute approximate surface area is 112 Å². The van der Waals surface area contributed by atoms with E-state index < -0.39 is 5.97 Å². The van der Waals surface area contributed by atoms with Crippen LogP contribution in [-0.2, 0) is 0 Å². The third kappa shape index (κ3) is 2.84. The number of carboxylic acids is 1. The van der Waals surface area contributed by atoms with Crippen molar-refractivity contribution >= 4 is 33.4 Å². The molecule has 1 aromatic carbocycles. The number of aryl methyl sites for hydroxylation is 1. The average Bonchev–Trinajstić information content (AvgIpc) is 2.33. The van der Waals surface area contributed by atoms with Crippen LogP contribution < -0.4 is 5.32 Å². The fourth-order valence-corrected chi connectivity index (χ4v) is 1.89. The van der Waals surface area contributed by atoms with Gasteiger partial charge in [-0.2, -0.15) is 0 Å². The van der Waals surface area contributed by atoms with Gasteiger partial charge in [0.2, 0.25) is 0 Å². The summed E-state index contributed by atoms with van der Waals surface area (Å²) in [5.41, 5.74) is 1.87. The highest BCUT2D eigenvalue weighted by Crippen LogP contribution is 2.22. The molecule has 2 aromatic rings. The fraction of sp³-hybridized carbons (Fsp3) is 0.0833. The Morgan fingerprint density at radius 1 is 1.28 bits per heavy atom. The minimum absolute atomic E-state index is 0.0759.